The highest BCUT2D eigenvalue weighted by Gasteiger charge is 2.36. The van der Waals surface area contributed by atoms with Gasteiger partial charge in [-0.05, 0) is 32.0 Å². The van der Waals surface area contributed by atoms with Gasteiger partial charge in [-0.3, -0.25) is 5.32 Å². The van der Waals surface area contributed by atoms with Crippen LogP contribution in [0.4, 0.5) is 17.6 Å². The second kappa shape index (κ2) is 4.83. The van der Waals surface area contributed by atoms with Gasteiger partial charge in [0.1, 0.15) is 5.82 Å². The van der Waals surface area contributed by atoms with E-state index in [-0.39, 0.29) is 0 Å². The molecule has 7 heteroatoms. The summed E-state index contributed by atoms with van der Waals surface area (Å²) in [5.41, 5.74) is -2.03. The van der Waals surface area contributed by atoms with Gasteiger partial charge in [0.25, 0.3) is 5.91 Å². The highest BCUT2D eigenvalue weighted by molar-refractivity contribution is 5.29. The lowest BCUT2D eigenvalue weighted by Gasteiger charge is -2.26. The molecule has 0 aromatic heterocycles. The Hall–Kier alpha value is -1.18. The van der Waals surface area contributed by atoms with Crippen LogP contribution in [-0.2, 0) is 12.1 Å². The van der Waals surface area contributed by atoms with E-state index in [0.29, 0.717) is 18.2 Å². The summed E-state index contributed by atoms with van der Waals surface area (Å²) in [5.74, 6) is -4.00. The molecule has 3 nitrogen and oxygen atoms in total. The van der Waals surface area contributed by atoms with Crippen molar-refractivity contribution in [3.05, 3.63) is 35.1 Å². The third-order valence-electron chi connectivity index (χ3n) is 2.16. The highest BCUT2D eigenvalue weighted by Crippen LogP contribution is 2.32. The predicted molar refractivity (Wildman–Crippen MR) is 55.8 cm³/mol. The van der Waals surface area contributed by atoms with Crippen LogP contribution in [0.1, 0.15) is 25.0 Å². The summed E-state index contributed by atoms with van der Waals surface area (Å²) in [6, 6.07) is 0.977. The number of nitrogens with one attached hydrogen (secondary N) is 1. The second-order valence-electron chi connectivity index (χ2n) is 4.16. The molecule has 0 atom stereocenters. The topological polar surface area (TPSA) is 52.5 Å². The molecule has 0 saturated carbocycles. The summed E-state index contributed by atoms with van der Waals surface area (Å²) >= 11 is 0. The lowest BCUT2D eigenvalue weighted by molar-refractivity contribution is -0.201. The molecule has 0 amide bonds. The Bertz CT molecular complexity index is 430. The number of halogens is 4. The van der Waals surface area contributed by atoms with Crippen LogP contribution in [0.25, 0.3) is 0 Å². The minimum absolute atomic E-state index is 0.366. The Morgan fingerprint density at radius 1 is 1.17 bits per heavy atom. The van der Waals surface area contributed by atoms with Gasteiger partial charge in [-0.15, -0.1) is 0 Å². The normalized spacial score (nSPS) is 13.2. The van der Waals surface area contributed by atoms with Gasteiger partial charge >= 0.3 is 6.18 Å². The third-order valence-corrected chi connectivity index (χ3v) is 2.16. The van der Waals surface area contributed by atoms with E-state index in [1.54, 1.807) is 0 Å². The molecule has 0 aliphatic carbocycles. The van der Waals surface area contributed by atoms with Crippen molar-refractivity contribution in [2.75, 3.05) is 0 Å². The van der Waals surface area contributed by atoms with Gasteiger partial charge < -0.3 is 10.2 Å². The van der Waals surface area contributed by atoms with Crippen LogP contribution in [0.15, 0.2) is 18.2 Å². The number of aliphatic hydroxyl groups is 2. The second-order valence-corrected chi connectivity index (χ2v) is 4.16. The van der Waals surface area contributed by atoms with Crippen molar-refractivity contribution in [3.8, 4) is 0 Å². The lowest BCUT2D eigenvalue weighted by Crippen LogP contribution is -2.46. The van der Waals surface area contributed by atoms with E-state index in [9.17, 15) is 27.8 Å². The average molecular weight is 267 g/mol. The number of rotatable bonds is 3. The van der Waals surface area contributed by atoms with Crippen LogP contribution in [0.3, 0.4) is 0 Å². The molecule has 1 rings (SSSR count). The van der Waals surface area contributed by atoms with Crippen molar-refractivity contribution < 1.29 is 27.8 Å². The van der Waals surface area contributed by atoms with Gasteiger partial charge in [-0.1, -0.05) is 0 Å². The molecular formula is C11H13F4NO2. The number of alkyl halides is 3. The maximum atomic E-state index is 13.4. The summed E-state index contributed by atoms with van der Waals surface area (Å²) in [4.78, 5) is 0. The maximum Gasteiger partial charge on any atom is 0.416 e. The van der Waals surface area contributed by atoms with E-state index in [1.807, 2.05) is 0 Å². The molecule has 1 aromatic rings. The summed E-state index contributed by atoms with van der Waals surface area (Å²) in [6.45, 7) is 3.07. The first-order valence-corrected chi connectivity index (χ1v) is 5.13. The molecule has 0 radical (unpaired) electrons. The minimum Gasteiger partial charge on any atom is -0.350 e. The Morgan fingerprint density at radius 3 is 2.17 bits per heavy atom. The summed E-state index contributed by atoms with van der Waals surface area (Å²) in [6.07, 6.45) is -4.68. The molecule has 3 N–H and O–H groups in total. The predicted octanol–water partition coefficient (Wildman–Crippen LogP) is 1.94. The van der Waals surface area contributed by atoms with E-state index >= 15 is 0 Å². The van der Waals surface area contributed by atoms with Crippen LogP contribution in [0.5, 0.6) is 0 Å². The fourth-order valence-corrected chi connectivity index (χ4v) is 1.45. The summed E-state index contributed by atoms with van der Waals surface area (Å²) < 4.78 is 50.7. The molecule has 0 saturated heterocycles. The van der Waals surface area contributed by atoms with Crippen molar-refractivity contribution in [2.45, 2.75) is 32.0 Å². The van der Waals surface area contributed by atoms with Crippen LogP contribution < -0.4 is 5.32 Å². The van der Waals surface area contributed by atoms with Crippen LogP contribution in [0, 0.1) is 5.82 Å². The fourth-order valence-electron chi connectivity index (χ4n) is 1.45. The molecule has 0 aliphatic heterocycles. The monoisotopic (exact) mass is 267 g/mol. The van der Waals surface area contributed by atoms with E-state index in [1.165, 1.54) is 13.8 Å². The first-order valence-electron chi connectivity index (χ1n) is 5.13. The first-order chi connectivity index (χ1) is 8.04. The highest BCUT2D eigenvalue weighted by atomic mass is 19.4. The van der Waals surface area contributed by atoms with Gasteiger partial charge in [-0.25, -0.2) is 4.39 Å². The van der Waals surface area contributed by atoms with Gasteiger partial charge in [0.2, 0.25) is 0 Å². The molecule has 0 heterocycles. The quantitative estimate of drug-likeness (QED) is 0.579. The lowest BCUT2D eigenvalue weighted by atomic mass is 10.1. The molecule has 1 aromatic carbocycles. The van der Waals surface area contributed by atoms with E-state index in [4.69, 9.17) is 0 Å². The van der Waals surface area contributed by atoms with Gasteiger partial charge in [0.05, 0.1) is 11.1 Å². The smallest absolute Gasteiger partial charge is 0.350 e. The van der Waals surface area contributed by atoms with E-state index in [0.717, 1.165) is 0 Å². The van der Waals surface area contributed by atoms with E-state index < -0.39 is 35.1 Å². The maximum absolute atomic E-state index is 13.4. The molecular weight excluding hydrogens is 254 g/mol. The number of hydrogen-bond donors (Lipinski definition) is 3. The molecule has 0 fully saturated rings. The summed E-state index contributed by atoms with van der Waals surface area (Å²) in [5, 5.41) is 21.3. The molecule has 0 unspecified atom stereocenters. The molecule has 18 heavy (non-hydrogen) atoms. The zero-order chi connectivity index (χ0) is 14.1. The molecule has 0 bridgehead atoms. The standard InChI is InChI=1S/C11H13F4NO2/c1-6(2)16-11(17,18)8-5-7(10(13,14)15)3-4-9(8)12/h3-6,16-18H,1-2H3. The van der Waals surface area contributed by atoms with Gasteiger partial charge in [-0.2, -0.15) is 13.2 Å². The SMILES string of the molecule is CC(C)NC(O)(O)c1cc(C(F)(F)F)ccc1F. The minimum atomic E-state index is -4.68. The zero-order valence-electron chi connectivity index (χ0n) is 9.72. The molecule has 0 spiro atoms. The zero-order valence-corrected chi connectivity index (χ0v) is 9.72. The van der Waals surface area contributed by atoms with Gasteiger partial charge in [0, 0.05) is 6.04 Å². The number of benzene rings is 1. The average Bonchev–Trinajstić information content (AvgIpc) is 2.13. The van der Waals surface area contributed by atoms with Gasteiger partial charge in [0.15, 0.2) is 0 Å². The van der Waals surface area contributed by atoms with Crippen LogP contribution in [0.2, 0.25) is 0 Å². The van der Waals surface area contributed by atoms with Crippen molar-refractivity contribution in [2.24, 2.45) is 0 Å². The van der Waals surface area contributed by atoms with Crippen LogP contribution >= 0.6 is 0 Å². The Kier molecular flexibility index (Phi) is 3.99. The number of hydrogen-bond acceptors (Lipinski definition) is 3. The Balaban J connectivity index is 3.23. The summed E-state index contributed by atoms with van der Waals surface area (Å²) in [7, 11) is 0. The van der Waals surface area contributed by atoms with Crippen molar-refractivity contribution in [1.82, 2.24) is 5.32 Å². The Labute approximate surface area is 101 Å². The van der Waals surface area contributed by atoms with Crippen LogP contribution in [-0.4, -0.2) is 16.3 Å². The largest absolute Gasteiger partial charge is 0.416 e. The first kappa shape index (κ1) is 14.9. The Morgan fingerprint density at radius 2 is 1.72 bits per heavy atom. The molecule has 0 aliphatic rings. The van der Waals surface area contributed by atoms with Crippen molar-refractivity contribution in [3.63, 3.8) is 0 Å². The fraction of sp³-hybridized carbons (Fsp3) is 0.455. The van der Waals surface area contributed by atoms with Crippen molar-refractivity contribution in [1.29, 1.82) is 0 Å². The van der Waals surface area contributed by atoms with E-state index in [2.05, 4.69) is 5.32 Å². The molecule has 102 valence electrons. The van der Waals surface area contributed by atoms with Crippen molar-refractivity contribution >= 4 is 0 Å². The third kappa shape index (κ3) is 3.41.